The molecule has 4 heteroatoms. The van der Waals surface area contributed by atoms with Gasteiger partial charge in [-0.2, -0.15) is 0 Å². The topological polar surface area (TPSA) is 77.8 Å². The number of allylic oxidation sites excluding steroid dienone is 1. The van der Waals surface area contributed by atoms with Gasteiger partial charge >= 0.3 is 0 Å². The number of aliphatic hydroxyl groups is 3. The molecule has 4 aliphatic rings. The van der Waals surface area contributed by atoms with Crippen molar-refractivity contribution in [3.63, 3.8) is 0 Å². The molecule has 0 aromatic heterocycles. The van der Waals surface area contributed by atoms with Gasteiger partial charge in [0.05, 0.1) is 17.1 Å². The summed E-state index contributed by atoms with van der Waals surface area (Å²) < 4.78 is 0. The zero-order chi connectivity index (χ0) is 17.5. The van der Waals surface area contributed by atoms with Gasteiger partial charge in [0.25, 0.3) is 0 Å². The number of carbonyl (C=O) groups is 1. The second-order valence-corrected chi connectivity index (χ2v) is 9.60. The molecule has 1 spiro atoms. The molecule has 0 saturated heterocycles. The van der Waals surface area contributed by atoms with E-state index in [4.69, 9.17) is 0 Å². The molecule has 7 atom stereocenters. The average Bonchev–Trinajstić information content (AvgIpc) is 2.64. The third-order valence-corrected chi connectivity index (χ3v) is 8.25. The first kappa shape index (κ1) is 16.7. The first-order valence-electron chi connectivity index (χ1n) is 9.40. The first-order valence-corrected chi connectivity index (χ1v) is 9.40. The fourth-order valence-corrected chi connectivity index (χ4v) is 7.22. The Hall–Kier alpha value is -0.710. The fourth-order valence-electron chi connectivity index (χ4n) is 7.22. The summed E-state index contributed by atoms with van der Waals surface area (Å²) in [7, 11) is 0. The molecule has 0 aliphatic heterocycles. The predicted molar refractivity (Wildman–Crippen MR) is 90.1 cm³/mol. The molecular weight excluding hydrogens is 304 g/mol. The van der Waals surface area contributed by atoms with Crippen LogP contribution in [0, 0.1) is 28.1 Å². The van der Waals surface area contributed by atoms with Crippen molar-refractivity contribution in [1.82, 2.24) is 0 Å². The monoisotopic (exact) mass is 334 g/mol. The summed E-state index contributed by atoms with van der Waals surface area (Å²) in [5, 5.41) is 32.1. The van der Waals surface area contributed by atoms with Crippen molar-refractivity contribution in [2.24, 2.45) is 28.1 Å². The van der Waals surface area contributed by atoms with Crippen LogP contribution in [0.1, 0.15) is 59.3 Å². The molecule has 4 aliphatic carbocycles. The number of carbonyl (C=O) groups excluding carboxylic acids is 1. The van der Waals surface area contributed by atoms with Gasteiger partial charge in [0.1, 0.15) is 5.78 Å². The van der Waals surface area contributed by atoms with Gasteiger partial charge in [0.15, 0.2) is 0 Å². The standard InChI is InChI=1S/C20H30O4/c1-12-16(23)19-9-13(22)15-17(2,11-21)6-4-7-18(15,3)14(19)5-8-20(12,24)10-19/h5,12-13,15,21-22,24H,4,6-11H2,1-3H3/t12-,13-,15+,17+,18-,19+,20-/m0/s1. The van der Waals surface area contributed by atoms with E-state index in [0.29, 0.717) is 19.3 Å². The maximum absolute atomic E-state index is 13.2. The summed E-state index contributed by atoms with van der Waals surface area (Å²) in [5.74, 6) is -0.286. The molecule has 0 unspecified atom stereocenters. The van der Waals surface area contributed by atoms with Crippen molar-refractivity contribution in [3.8, 4) is 0 Å². The lowest BCUT2D eigenvalue weighted by Crippen LogP contribution is -2.60. The smallest absolute Gasteiger partial charge is 0.148 e. The molecular formula is C20H30O4. The summed E-state index contributed by atoms with van der Waals surface area (Å²) in [6.07, 6.45) is 5.76. The number of rotatable bonds is 1. The number of ketones is 1. The molecule has 0 amide bonds. The van der Waals surface area contributed by atoms with Crippen LogP contribution in [-0.4, -0.2) is 39.4 Å². The Morgan fingerprint density at radius 2 is 2.00 bits per heavy atom. The van der Waals surface area contributed by atoms with E-state index in [9.17, 15) is 20.1 Å². The minimum absolute atomic E-state index is 0.0319. The highest BCUT2D eigenvalue weighted by atomic mass is 16.3. The second kappa shape index (κ2) is 4.72. The molecule has 0 heterocycles. The van der Waals surface area contributed by atoms with Crippen molar-refractivity contribution >= 4 is 5.78 Å². The minimum Gasteiger partial charge on any atom is -0.396 e. The molecule has 3 saturated carbocycles. The van der Waals surface area contributed by atoms with Crippen molar-refractivity contribution in [1.29, 1.82) is 0 Å². The van der Waals surface area contributed by atoms with E-state index in [2.05, 4.69) is 19.9 Å². The zero-order valence-electron chi connectivity index (χ0n) is 15.0. The van der Waals surface area contributed by atoms with Gasteiger partial charge in [-0.1, -0.05) is 38.8 Å². The fraction of sp³-hybridized carbons (Fsp3) is 0.850. The summed E-state index contributed by atoms with van der Waals surface area (Å²) in [6, 6.07) is 0. The average molecular weight is 334 g/mol. The maximum atomic E-state index is 13.2. The van der Waals surface area contributed by atoms with Crippen LogP contribution in [0.5, 0.6) is 0 Å². The molecule has 0 aromatic carbocycles. The second-order valence-electron chi connectivity index (χ2n) is 9.60. The van der Waals surface area contributed by atoms with Crippen molar-refractivity contribution < 1.29 is 20.1 Å². The van der Waals surface area contributed by atoms with Gasteiger partial charge in [-0.15, -0.1) is 0 Å². The zero-order valence-corrected chi connectivity index (χ0v) is 15.0. The van der Waals surface area contributed by atoms with Crippen LogP contribution < -0.4 is 0 Å². The summed E-state index contributed by atoms with van der Waals surface area (Å²) in [6.45, 7) is 6.17. The van der Waals surface area contributed by atoms with E-state index in [1.165, 1.54) is 0 Å². The van der Waals surface area contributed by atoms with Crippen LogP contribution >= 0.6 is 0 Å². The highest BCUT2D eigenvalue weighted by Crippen LogP contribution is 2.70. The molecule has 4 rings (SSSR count). The highest BCUT2D eigenvalue weighted by Gasteiger charge is 2.70. The van der Waals surface area contributed by atoms with Crippen LogP contribution in [0.3, 0.4) is 0 Å². The molecule has 0 aromatic rings. The predicted octanol–water partition coefficient (Wildman–Crippen LogP) is 2.21. The number of aliphatic hydroxyl groups excluding tert-OH is 2. The van der Waals surface area contributed by atoms with Crippen molar-refractivity contribution in [3.05, 3.63) is 11.6 Å². The summed E-state index contributed by atoms with van der Waals surface area (Å²) >= 11 is 0. The van der Waals surface area contributed by atoms with Gasteiger partial charge in [-0.3, -0.25) is 4.79 Å². The quantitative estimate of drug-likeness (QED) is 0.643. The third kappa shape index (κ3) is 1.72. The molecule has 134 valence electrons. The van der Waals surface area contributed by atoms with Gasteiger partial charge in [0.2, 0.25) is 0 Å². The van der Waals surface area contributed by atoms with Gasteiger partial charge in [-0.05, 0) is 42.9 Å². The molecule has 4 nitrogen and oxygen atoms in total. The molecule has 2 bridgehead atoms. The largest absolute Gasteiger partial charge is 0.396 e. The van der Waals surface area contributed by atoms with Crippen LogP contribution in [-0.2, 0) is 4.79 Å². The Balaban J connectivity index is 1.88. The van der Waals surface area contributed by atoms with E-state index in [0.717, 1.165) is 24.8 Å². The van der Waals surface area contributed by atoms with Crippen LogP contribution in [0.25, 0.3) is 0 Å². The van der Waals surface area contributed by atoms with Crippen LogP contribution in [0.2, 0.25) is 0 Å². The van der Waals surface area contributed by atoms with E-state index in [1.807, 2.05) is 6.92 Å². The van der Waals surface area contributed by atoms with E-state index in [-0.39, 0.29) is 35.1 Å². The lowest BCUT2D eigenvalue weighted by Gasteiger charge is -2.62. The number of hydrogen-bond donors (Lipinski definition) is 3. The molecule has 24 heavy (non-hydrogen) atoms. The van der Waals surface area contributed by atoms with Gasteiger partial charge in [0, 0.05) is 18.4 Å². The minimum atomic E-state index is -0.946. The van der Waals surface area contributed by atoms with Crippen molar-refractivity contribution in [2.75, 3.05) is 6.61 Å². The molecule has 0 radical (unpaired) electrons. The SMILES string of the molecule is C[C@H]1C(=O)[C@@]23C[C@H](O)[C@@H]4[C@@](C)(CO)CCC[C@@]4(C)C2=CC[C@]1(O)C3. The van der Waals surface area contributed by atoms with E-state index >= 15 is 0 Å². The maximum Gasteiger partial charge on any atom is 0.148 e. The highest BCUT2D eigenvalue weighted by molar-refractivity contribution is 5.94. The van der Waals surface area contributed by atoms with Crippen LogP contribution in [0.15, 0.2) is 11.6 Å². The molecule has 3 fully saturated rings. The van der Waals surface area contributed by atoms with Gasteiger partial charge < -0.3 is 15.3 Å². The lowest BCUT2D eigenvalue weighted by molar-refractivity contribution is -0.151. The van der Waals surface area contributed by atoms with Gasteiger partial charge in [-0.25, -0.2) is 0 Å². The Morgan fingerprint density at radius 1 is 1.29 bits per heavy atom. The Labute approximate surface area is 144 Å². The Kier molecular flexibility index (Phi) is 3.29. The number of fused-ring (bicyclic) bond motifs is 3. The number of Topliss-reactive ketones (excluding diaryl/α,β-unsaturated/α-hetero) is 1. The van der Waals surface area contributed by atoms with Crippen LogP contribution in [0.4, 0.5) is 0 Å². The summed E-state index contributed by atoms with van der Waals surface area (Å²) in [5.41, 5.74) is -1.06. The molecule has 3 N–H and O–H groups in total. The third-order valence-electron chi connectivity index (χ3n) is 8.25. The lowest BCUT2D eigenvalue weighted by atomic mass is 9.43. The Bertz CT molecular complexity index is 627. The van der Waals surface area contributed by atoms with Crippen molar-refractivity contribution in [2.45, 2.75) is 71.0 Å². The van der Waals surface area contributed by atoms with E-state index < -0.39 is 17.1 Å². The Morgan fingerprint density at radius 3 is 2.67 bits per heavy atom. The number of hydrogen-bond acceptors (Lipinski definition) is 4. The normalized spacial score (nSPS) is 56.5. The first-order chi connectivity index (χ1) is 11.1. The van der Waals surface area contributed by atoms with E-state index in [1.54, 1.807) is 0 Å². The summed E-state index contributed by atoms with van der Waals surface area (Å²) in [4.78, 5) is 13.2.